The molecule has 0 spiro atoms. The Morgan fingerprint density at radius 3 is 2.36 bits per heavy atom. The molecule has 1 nitrogen and oxygen atoms in total. The third kappa shape index (κ3) is 1.81. The van der Waals surface area contributed by atoms with E-state index in [4.69, 9.17) is 11.6 Å². The molecule has 0 fully saturated rings. The van der Waals surface area contributed by atoms with Gasteiger partial charge in [-0.25, -0.2) is 0 Å². The maximum atomic E-state index is 6.02. The zero-order valence-electron chi connectivity index (χ0n) is 6.42. The van der Waals surface area contributed by atoms with Gasteiger partial charge in [-0.05, 0) is 19.2 Å². The molecule has 0 N–H and O–H groups in total. The third-order valence-corrected chi connectivity index (χ3v) is 1.94. The molecule has 0 saturated carbocycles. The van der Waals surface area contributed by atoms with Crippen LogP contribution in [0.15, 0.2) is 35.3 Å². The van der Waals surface area contributed by atoms with Gasteiger partial charge in [-0.3, -0.25) is 4.99 Å². The van der Waals surface area contributed by atoms with Crippen molar-refractivity contribution in [3.63, 3.8) is 0 Å². The van der Waals surface area contributed by atoms with E-state index in [1.165, 1.54) is 0 Å². The van der Waals surface area contributed by atoms with E-state index in [0.29, 0.717) is 0 Å². The largest absolute Gasteiger partial charge is 0.274 e. The van der Waals surface area contributed by atoms with Crippen LogP contribution >= 0.6 is 11.6 Å². The number of halogens is 1. The van der Waals surface area contributed by atoms with Gasteiger partial charge in [0, 0.05) is 0 Å². The van der Waals surface area contributed by atoms with Crippen LogP contribution < -0.4 is 0 Å². The first kappa shape index (κ1) is 8.28. The molecule has 0 bridgehead atoms. The highest BCUT2D eigenvalue weighted by Gasteiger charge is 2.19. The topological polar surface area (TPSA) is 12.4 Å². The second kappa shape index (κ2) is 3.05. The lowest BCUT2D eigenvalue weighted by Crippen LogP contribution is -2.08. The Labute approximate surface area is 71.7 Å². The summed E-state index contributed by atoms with van der Waals surface area (Å²) in [7, 11) is 0. The van der Waals surface area contributed by atoms with Crippen molar-refractivity contribution in [1.82, 2.24) is 0 Å². The van der Waals surface area contributed by atoms with Gasteiger partial charge in [0.15, 0.2) is 5.00 Å². The van der Waals surface area contributed by atoms with Crippen LogP contribution in [0.2, 0.25) is 0 Å². The molecular weight excluding hydrogens is 158 g/mol. The molecule has 58 valence electrons. The van der Waals surface area contributed by atoms with Crippen LogP contribution in [0, 0.1) is 0 Å². The van der Waals surface area contributed by atoms with Gasteiger partial charge in [-0.15, -0.1) is 0 Å². The van der Waals surface area contributed by atoms with Crippen molar-refractivity contribution in [3.8, 4) is 0 Å². The van der Waals surface area contributed by atoms with Gasteiger partial charge in [0.05, 0.1) is 0 Å². The number of benzene rings is 1. The highest BCUT2D eigenvalue weighted by molar-refractivity contribution is 6.23. The summed E-state index contributed by atoms with van der Waals surface area (Å²) < 4.78 is 0. The van der Waals surface area contributed by atoms with Crippen molar-refractivity contribution < 1.29 is 0 Å². The highest BCUT2D eigenvalue weighted by atomic mass is 35.5. The lowest BCUT2D eigenvalue weighted by atomic mass is 10.1. The Hall–Kier alpha value is -0.820. The predicted molar refractivity (Wildman–Crippen MR) is 49.2 cm³/mol. The molecule has 0 amide bonds. The molecule has 1 atom stereocenters. The molecule has 1 unspecified atom stereocenters. The normalized spacial score (nSPS) is 15.5. The van der Waals surface area contributed by atoms with Crippen LogP contribution in [-0.2, 0) is 5.00 Å². The standard InChI is InChI=1S/C9H10ClN/c1-9(10,11-2)8-6-4-3-5-7-8/h3-7H,2H2,1H3. The van der Waals surface area contributed by atoms with Gasteiger partial charge >= 0.3 is 0 Å². The van der Waals surface area contributed by atoms with Crippen LogP contribution in [0.5, 0.6) is 0 Å². The van der Waals surface area contributed by atoms with Gasteiger partial charge in [0.25, 0.3) is 0 Å². The van der Waals surface area contributed by atoms with E-state index in [1.807, 2.05) is 37.3 Å². The summed E-state index contributed by atoms with van der Waals surface area (Å²) >= 11 is 6.02. The van der Waals surface area contributed by atoms with Crippen molar-refractivity contribution in [2.24, 2.45) is 4.99 Å². The molecule has 0 aliphatic rings. The number of alkyl halides is 1. The minimum atomic E-state index is -0.679. The smallest absolute Gasteiger partial charge is 0.155 e. The Bertz CT molecular complexity index is 241. The summed E-state index contributed by atoms with van der Waals surface area (Å²) in [5, 5.41) is 0. The SMILES string of the molecule is C=NC(C)(Cl)c1ccccc1. The predicted octanol–water partition coefficient (Wildman–Crippen LogP) is 2.80. The molecule has 0 radical (unpaired) electrons. The first-order chi connectivity index (χ1) is 5.17. The molecule has 2 heteroatoms. The monoisotopic (exact) mass is 167 g/mol. The first-order valence-electron chi connectivity index (χ1n) is 3.39. The molecule has 11 heavy (non-hydrogen) atoms. The summed E-state index contributed by atoms with van der Waals surface area (Å²) in [4.78, 5) is 3.13. The van der Waals surface area contributed by atoms with Crippen molar-refractivity contribution >= 4 is 18.3 Å². The molecule has 0 aliphatic heterocycles. The number of hydrogen-bond donors (Lipinski definition) is 0. The Balaban J connectivity index is 3.02. The van der Waals surface area contributed by atoms with Gasteiger partial charge in [-0.2, -0.15) is 0 Å². The van der Waals surface area contributed by atoms with Crippen molar-refractivity contribution in [3.05, 3.63) is 35.9 Å². The number of aliphatic imine (C=N–C) groups is 1. The van der Waals surface area contributed by atoms with Gasteiger partial charge in [0.1, 0.15) is 0 Å². The zero-order chi connectivity index (χ0) is 8.32. The average molecular weight is 168 g/mol. The van der Waals surface area contributed by atoms with Crippen LogP contribution in [0.4, 0.5) is 0 Å². The number of rotatable bonds is 2. The summed E-state index contributed by atoms with van der Waals surface area (Å²) in [5.41, 5.74) is 0.969. The molecule has 0 aromatic heterocycles. The van der Waals surface area contributed by atoms with Gasteiger partial charge < -0.3 is 0 Å². The number of nitrogens with zero attached hydrogens (tertiary/aromatic N) is 1. The van der Waals surface area contributed by atoms with Crippen LogP contribution in [0.25, 0.3) is 0 Å². The lowest BCUT2D eigenvalue weighted by Gasteiger charge is -2.15. The fraction of sp³-hybridized carbons (Fsp3) is 0.222. The maximum absolute atomic E-state index is 6.02. The van der Waals surface area contributed by atoms with E-state index in [9.17, 15) is 0 Å². The Morgan fingerprint density at radius 1 is 1.36 bits per heavy atom. The molecule has 0 aliphatic carbocycles. The van der Waals surface area contributed by atoms with Crippen molar-refractivity contribution in [2.45, 2.75) is 11.9 Å². The Morgan fingerprint density at radius 2 is 1.91 bits per heavy atom. The average Bonchev–Trinajstić information content (AvgIpc) is 2.06. The minimum Gasteiger partial charge on any atom is -0.274 e. The quantitative estimate of drug-likeness (QED) is 0.365. The molecular formula is C9H10ClN. The second-order valence-electron chi connectivity index (χ2n) is 2.48. The fourth-order valence-electron chi connectivity index (χ4n) is 0.834. The van der Waals surface area contributed by atoms with E-state index in [-0.39, 0.29) is 0 Å². The first-order valence-corrected chi connectivity index (χ1v) is 3.77. The molecule has 1 aromatic rings. The molecule has 1 rings (SSSR count). The lowest BCUT2D eigenvalue weighted by molar-refractivity contribution is 0.731. The van der Waals surface area contributed by atoms with E-state index in [2.05, 4.69) is 11.7 Å². The van der Waals surface area contributed by atoms with E-state index in [0.717, 1.165) is 5.56 Å². The van der Waals surface area contributed by atoms with E-state index in [1.54, 1.807) is 0 Å². The minimum absolute atomic E-state index is 0.679. The highest BCUT2D eigenvalue weighted by Crippen LogP contribution is 2.28. The van der Waals surface area contributed by atoms with Crippen LogP contribution in [0.1, 0.15) is 12.5 Å². The molecule has 0 saturated heterocycles. The van der Waals surface area contributed by atoms with E-state index >= 15 is 0 Å². The maximum Gasteiger partial charge on any atom is 0.155 e. The fourth-order valence-corrected chi connectivity index (χ4v) is 0.960. The summed E-state index contributed by atoms with van der Waals surface area (Å²) in [6, 6.07) is 9.67. The molecule has 0 heterocycles. The van der Waals surface area contributed by atoms with Crippen LogP contribution in [-0.4, -0.2) is 6.72 Å². The zero-order valence-corrected chi connectivity index (χ0v) is 7.17. The summed E-state index contributed by atoms with van der Waals surface area (Å²) in [6.07, 6.45) is 0. The van der Waals surface area contributed by atoms with Crippen LogP contribution in [0.3, 0.4) is 0 Å². The van der Waals surface area contributed by atoms with Crippen molar-refractivity contribution in [1.29, 1.82) is 0 Å². The Kier molecular flexibility index (Phi) is 2.30. The third-order valence-electron chi connectivity index (χ3n) is 1.60. The summed E-state index contributed by atoms with van der Waals surface area (Å²) in [6.45, 7) is 5.24. The molecule has 1 aromatic carbocycles. The van der Waals surface area contributed by atoms with Gasteiger partial charge in [0.2, 0.25) is 0 Å². The number of hydrogen-bond acceptors (Lipinski definition) is 1. The van der Waals surface area contributed by atoms with Gasteiger partial charge in [-0.1, -0.05) is 41.9 Å². The van der Waals surface area contributed by atoms with E-state index < -0.39 is 5.00 Å². The second-order valence-corrected chi connectivity index (χ2v) is 3.21. The summed E-state index contributed by atoms with van der Waals surface area (Å²) in [5.74, 6) is 0. The van der Waals surface area contributed by atoms with Crippen molar-refractivity contribution in [2.75, 3.05) is 0 Å².